The molecule has 7 nitrogen and oxygen atoms in total. The molecule has 1 aliphatic rings. The van der Waals surface area contributed by atoms with Crippen LogP contribution in [0.3, 0.4) is 0 Å². The van der Waals surface area contributed by atoms with Crippen LogP contribution in [0.2, 0.25) is 0 Å². The highest BCUT2D eigenvalue weighted by atomic mass is 16.5. The molecule has 7 heteroatoms. The molecule has 1 aliphatic heterocycles. The maximum Gasteiger partial charge on any atom is 0.295 e. The monoisotopic (exact) mass is 495 g/mol. The lowest BCUT2D eigenvalue weighted by atomic mass is 9.84. The van der Waals surface area contributed by atoms with Gasteiger partial charge in [-0.2, -0.15) is 0 Å². The second kappa shape index (κ2) is 11.1. The first-order valence-corrected chi connectivity index (χ1v) is 12.5. The minimum atomic E-state index is -0.750. The van der Waals surface area contributed by atoms with Gasteiger partial charge in [0.05, 0.1) is 31.9 Å². The number of carbonyl (C=O) groups is 2. The van der Waals surface area contributed by atoms with Gasteiger partial charge in [-0.05, 0) is 61.6 Å². The molecular weight excluding hydrogens is 458 g/mol. The number of carbonyl (C=O) groups excluding carboxylic acids is 2. The lowest BCUT2D eigenvalue weighted by Crippen LogP contribution is -2.30. The van der Waals surface area contributed by atoms with Crippen LogP contribution in [0.4, 0.5) is 0 Å². The Hall–Kier alpha value is -3.48. The quantitative estimate of drug-likeness (QED) is 0.276. The van der Waals surface area contributed by atoms with Crippen LogP contribution in [0.15, 0.2) is 42.0 Å². The van der Waals surface area contributed by atoms with Gasteiger partial charge in [-0.1, -0.05) is 33.8 Å². The maximum absolute atomic E-state index is 13.3. The zero-order valence-corrected chi connectivity index (χ0v) is 22.3. The zero-order valence-electron chi connectivity index (χ0n) is 22.3. The first-order valence-electron chi connectivity index (χ1n) is 12.5. The number of amides is 1. The fourth-order valence-corrected chi connectivity index (χ4v) is 4.53. The van der Waals surface area contributed by atoms with Gasteiger partial charge in [0.2, 0.25) is 0 Å². The summed E-state index contributed by atoms with van der Waals surface area (Å²) >= 11 is 0. The predicted molar refractivity (Wildman–Crippen MR) is 140 cm³/mol. The van der Waals surface area contributed by atoms with E-state index in [9.17, 15) is 14.7 Å². The molecule has 1 amide bonds. The van der Waals surface area contributed by atoms with Gasteiger partial charge in [0.1, 0.15) is 11.5 Å². The van der Waals surface area contributed by atoms with Crippen LogP contribution >= 0.6 is 0 Å². The van der Waals surface area contributed by atoms with Gasteiger partial charge in [0.15, 0.2) is 11.5 Å². The van der Waals surface area contributed by atoms with Gasteiger partial charge in [0.25, 0.3) is 11.7 Å². The third-order valence-corrected chi connectivity index (χ3v) is 6.17. The van der Waals surface area contributed by atoms with E-state index in [-0.39, 0.29) is 16.7 Å². The molecule has 1 unspecified atom stereocenters. The molecule has 2 aromatic rings. The highest BCUT2D eigenvalue weighted by molar-refractivity contribution is 6.46. The molecule has 194 valence electrons. The van der Waals surface area contributed by atoms with Crippen LogP contribution in [-0.4, -0.2) is 48.6 Å². The van der Waals surface area contributed by atoms with Crippen LogP contribution < -0.4 is 14.2 Å². The first-order chi connectivity index (χ1) is 17.1. The summed E-state index contributed by atoms with van der Waals surface area (Å²) in [5.41, 5.74) is 1.81. The lowest BCUT2D eigenvalue weighted by Gasteiger charge is -2.26. The number of Topliss-reactive ketones (excluding diaryl/α,β-unsaturated/α-hetero) is 1. The van der Waals surface area contributed by atoms with E-state index in [4.69, 9.17) is 14.2 Å². The van der Waals surface area contributed by atoms with E-state index >= 15 is 0 Å². The summed E-state index contributed by atoms with van der Waals surface area (Å²) in [6.45, 7) is 13.2. The molecular formula is C29H37NO6. The number of ketones is 1. The van der Waals surface area contributed by atoms with Crippen LogP contribution in [0.1, 0.15) is 70.7 Å². The number of ether oxygens (including phenoxy) is 3. The minimum Gasteiger partial charge on any atom is -0.507 e. The number of aliphatic hydroxyl groups excluding tert-OH is 1. The number of benzene rings is 2. The molecule has 1 fully saturated rings. The fraction of sp³-hybridized carbons (Fsp3) is 0.448. The first kappa shape index (κ1) is 27.1. The predicted octanol–water partition coefficient (Wildman–Crippen LogP) is 5.62. The number of hydrogen-bond donors (Lipinski definition) is 1. The average molecular weight is 496 g/mol. The van der Waals surface area contributed by atoms with Gasteiger partial charge in [-0.25, -0.2) is 0 Å². The molecule has 3 rings (SSSR count). The van der Waals surface area contributed by atoms with Crippen molar-refractivity contribution in [1.82, 2.24) is 4.90 Å². The summed E-state index contributed by atoms with van der Waals surface area (Å²) < 4.78 is 17.0. The van der Waals surface area contributed by atoms with Gasteiger partial charge in [0, 0.05) is 17.7 Å². The fourth-order valence-electron chi connectivity index (χ4n) is 4.53. The minimum absolute atomic E-state index is 0.0603. The number of aliphatic hydroxyl groups is 1. The highest BCUT2D eigenvalue weighted by Crippen LogP contribution is 2.43. The number of rotatable bonds is 9. The Labute approximate surface area is 213 Å². The molecule has 36 heavy (non-hydrogen) atoms. The van der Waals surface area contributed by atoms with Crippen LogP contribution in [0.25, 0.3) is 5.76 Å². The molecule has 0 saturated carbocycles. The van der Waals surface area contributed by atoms with Crippen LogP contribution in [-0.2, 0) is 15.0 Å². The second-order valence-corrected chi connectivity index (χ2v) is 9.73. The van der Waals surface area contributed by atoms with E-state index in [0.29, 0.717) is 48.8 Å². The topological polar surface area (TPSA) is 85.3 Å². The van der Waals surface area contributed by atoms with Crippen molar-refractivity contribution >= 4 is 17.4 Å². The largest absolute Gasteiger partial charge is 0.507 e. The summed E-state index contributed by atoms with van der Waals surface area (Å²) in [5.74, 6) is 0.246. The Balaban J connectivity index is 2.24. The van der Waals surface area contributed by atoms with Crippen molar-refractivity contribution in [3.63, 3.8) is 0 Å². The van der Waals surface area contributed by atoms with Crippen LogP contribution in [0, 0.1) is 0 Å². The van der Waals surface area contributed by atoms with E-state index in [1.807, 2.05) is 26.8 Å². The van der Waals surface area contributed by atoms with E-state index in [1.165, 1.54) is 4.90 Å². The SMILES string of the molecule is CCCN1C(=O)C(=O)/C(=C(/O)c2ccc(OCC)c(C(C)(C)C)c2)C1c1ccc(OC)c(OCC)c1. The average Bonchev–Trinajstić information content (AvgIpc) is 3.09. The molecule has 0 aliphatic carbocycles. The molecule has 0 spiro atoms. The van der Waals surface area contributed by atoms with Crippen molar-refractivity contribution in [3.8, 4) is 17.2 Å². The van der Waals surface area contributed by atoms with E-state index < -0.39 is 17.7 Å². The summed E-state index contributed by atoms with van der Waals surface area (Å²) in [5, 5.41) is 11.5. The van der Waals surface area contributed by atoms with Crippen molar-refractivity contribution in [2.24, 2.45) is 0 Å². The number of methoxy groups -OCH3 is 1. The Kier molecular flexibility index (Phi) is 8.33. The molecule has 1 heterocycles. The molecule has 0 bridgehead atoms. The Morgan fingerprint density at radius 1 is 0.944 bits per heavy atom. The highest BCUT2D eigenvalue weighted by Gasteiger charge is 2.46. The summed E-state index contributed by atoms with van der Waals surface area (Å²) in [6.07, 6.45) is 0.662. The normalized spacial score (nSPS) is 17.4. The van der Waals surface area contributed by atoms with Gasteiger partial charge >= 0.3 is 0 Å². The smallest absolute Gasteiger partial charge is 0.295 e. The third-order valence-electron chi connectivity index (χ3n) is 6.17. The van der Waals surface area contributed by atoms with E-state index in [0.717, 1.165) is 11.3 Å². The van der Waals surface area contributed by atoms with Gasteiger partial charge < -0.3 is 24.2 Å². The van der Waals surface area contributed by atoms with Crippen molar-refractivity contribution in [2.75, 3.05) is 26.9 Å². The Bertz CT molecular complexity index is 1160. The molecule has 2 aromatic carbocycles. The summed E-state index contributed by atoms with van der Waals surface area (Å²) in [7, 11) is 1.55. The van der Waals surface area contributed by atoms with Gasteiger partial charge in [-0.15, -0.1) is 0 Å². The zero-order chi connectivity index (χ0) is 26.6. The van der Waals surface area contributed by atoms with Crippen LogP contribution in [0.5, 0.6) is 17.2 Å². The molecule has 0 radical (unpaired) electrons. The number of hydrogen-bond acceptors (Lipinski definition) is 6. The van der Waals surface area contributed by atoms with Crippen molar-refractivity contribution in [2.45, 2.75) is 59.4 Å². The van der Waals surface area contributed by atoms with E-state index in [1.54, 1.807) is 37.4 Å². The molecule has 1 saturated heterocycles. The standard InChI is InChI=1S/C29H37NO6/c1-8-15-30-25(18-11-14-22(34-7)23(17-18)36-10-3)24(27(32)28(30)33)26(31)19-12-13-21(35-9-2)20(16-19)29(4,5)6/h11-14,16-17,25,31H,8-10,15H2,1-7H3/b26-24+. The second-order valence-electron chi connectivity index (χ2n) is 9.73. The Morgan fingerprint density at radius 3 is 2.17 bits per heavy atom. The van der Waals surface area contributed by atoms with Crippen molar-refractivity contribution in [1.29, 1.82) is 0 Å². The lowest BCUT2D eigenvalue weighted by molar-refractivity contribution is -0.139. The third kappa shape index (κ3) is 5.20. The van der Waals surface area contributed by atoms with Crippen molar-refractivity contribution in [3.05, 3.63) is 58.7 Å². The molecule has 0 aromatic heterocycles. The molecule has 1 atom stereocenters. The Morgan fingerprint density at radius 2 is 1.58 bits per heavy atom. The van der Waals surface area contributed by atoms with E-state index in [2.05, 4.69) is 20.8 Å². The summed E-state index contributed by atoms with van der Waals surface area (Å²) in [6, 6.07) is 9.93. The summed E-state index contributed by atoms with van der Waals surface area (Å²) in [4.78, 5) is 27.9. The van der Waals surface area contributed by atoms with Gasteiger partial charge in [-0.3, -0.25) is 9.59 Å². The number of likely N-dealkylation sites (tertiary alicyclic amines) is 1. The molecule has 1 N–H and O–H groups in total. The van der Waals surface area contributed by atoms with Crippen molar-refractivity contribution < 1.29 is 28.9 Å². The maximum atomic E-state index is 13.3. The number of nitrogens with zero attached hydrogens (tertiary/aromatic N) is 1.